The fraction of sp³-hybridized carbons (Fsp3) is 0.588. The van der Waals surface area contributed by atoms with Gasteiger partial charge in [0.2, 0.25) is 0 Å². The Labute approximate surface area is 121 Å². The van der Waals surface area contributed by atoms with Gasteiger partial charge in [0.25, 0.3) is 5.91 Å². The molecular formula is C17H25NO2. The maximum atomic E-state index is 12.5. The number of aryl methyl sites for hydroxylation is 1. The molecule has 0 radical (unpaired) electrons. The van der Waals surface area contributed by atoms with Crippen molar-refractivity contribution >= 4 is 5.91 Å². The van der Waals surface area contributed by atoms with Crippen LogP contribution < -0.4 is 4.74 Å². The van der Waals surface area contributed by atoms with Gasteiger partial charge in [0.1, 0.15) is 5.75 Å². The number of piperidine rings is 1. The summed E-state index contributed by atoms with van der Waals surface area (Å²) in [5, 5.41) is 0. The number of nitrogens with zero attached hydrogens (tertiary/aromatic N) is 1. The third kappa shape index (κ3) is 3.75. The maximum absolute atomic E-state index is 12.5. The first kappa shape index (κ1) is 14.9. The fourth-order valence-corrected chi connectivity index (χ4v) is 2.97. The van der Waals surface area contributed by atoms with Crippen molar-refractivity contribution in [2.45, 2.75) is 40.2 Å². The van der Waals surface area contributed by atoms with E-state index in [1.165, 1.54) is 12.0 Å². The minimum Gasteiger partial charge on any atom is -0.481 e. The Morgan fingerprint density at radius 3 is 2.30 bits per heavy atom. The van der Waals surface area contributed by atoms with Crippen molar-refractivity contribution in [3.8, 4) is 5.75 Å². The van der Waals surface area contributed by atoms with Crippen LogP contribution in [0.2, 0.25) is 0 Å². The summed E-state index contributed by atoms with van der Waals surface area (Å²) in [7, 11) is 0. The van der Waals surface area contributed by atoms with E-state index in [9.17, 15) is 4.79 Å². The van der Waals surface area contributed by atoms with E-state index in [-0.39, 0.29) is 5.91 Å². The third-order valence-corrected chi connectivity index (χ3v) is 3.86. The van der Waals surface area contributed by atoms with Gasteiger partial charge >= 0.3 is 0 Å². The van der Waals surface area contributed by atoms with E-state index in [0.29, 0.717) is 11.8 Å². The summed E-state index contributed by atoms with van der Waals surface area (Å²) in [6.07, 6.45) is 0.784. The summed E-state index contributed by atoms with van der Waals surface area (Å²) in [5.74, 6) is 2.02. The van der Waals surface area contributed by atoms with Crippen LogP contribution in [0.3, 0.4) is 0 Å². The van der Waals surface area contributed by atoms with Gasteiger partial charge in [0.05, 0.1) is 0 Å². The first-order valence-corrected chi connectivity index (χ1v) is 7.48. The zero-order valence-electron chi connectivity index (χ0n) is 12.9. The molecule has 1 aliphatic heterocycles. The average Bonchev–Trinajstić information content (AvgIpc) is 2.39. The molecule has 1 aliphatic rings. The number of rotatable bonds is 3. The normalized spacial score (nSPS) is 24.3. The van der Waals surface area contributed by atoms with Crippen molar-refractivity contribution < 1.29 is 9.53 Å². The lowest BCUT2D eigenvalue weighted by molar-refractivity contribution is -0.140. The Morgan fingerprint density at radius 2 is 1.75 bits per heavy atom. The molecule has 1 aromatic carbocycles. The Balaban J connectivity index is 1.96. The minimum atomic E-state index is -0.421. The second-order valence-electron chi connectivity index (χ2n) is 6.26. The zero-order chi connectivity index (χ0) is 14.7. The summed E-state index contributed by atoms with van der Waals surface area (Å²) < 4.78 is 5.76. The van der Waals surface area contributed by atoms with Gasteiger partial charge in [-0.25, -0.2) is 0 Å². The molecule has 3 heteroatoms. The Morgan fingerprint density at radius 1 is 1.20 bits per heavy atom. The molecule has 0 N–H and O–H groups in total. The summed E-state index contributed by atoms with van der Waals surface area (Å²) >= 11 is 0. The second kappa shape index (κ2) is 6.29. The van der Waals surface area contributed by atoms with Crippen LogP contribution in [0, 0.1) is 18.8 Å². The van der Waals surface area contributed by atoms with Crippen molar-refractivity contribution in [2.24, 2.45) is 11.8 Å². The van der Waals surface area contributed by atoms with Gasteiger partial charge in [0.15, 0.2) is 6.10 Å². The van der Waals surface area contributed by atoms with E-state index in [1.807, 2.05) is 43.0 Å². The van der Waals surface area contributed by atoms with Gasteiger partial charge in [-0.3, -0.25) is 4.79 Å². The number of amides is 1. The first-order valence-electron chi connectivity index (χ1n) is 7.48. The Kier molecular flexibility index (Phi) is 4.69. The van der Waals surface area contributed by atoms with Crippen LogP contribution in [0.5, 0.6) is 5.75 Å². The van der Waals surface area contributed by atoms with E-state index in [0.717, 1.165) is 18.8 Å². The minimum absolute atomic E-state index is 0.101. The van der Waals surface area contributed by atoms with Crippen LogP contribution in [0.15, 0.2) is 24.3 Å². The lowest BCUT2D eigenvalue weighted by atomic mass is 9.91. The third-order valence-electron chi connectivity index (χ3n) is 3.86. The molecular weight excluding hydrogens is 250 g/mol. The first-order chi connectivity index (χ1) is 9.45. The molecule has 1 heterocycles. The summed E-state index contributed by atoms with van der Waals surface area (Å²) in [6.45, 7) is 10.00. The Bertz CT molecular complexity index is 445. The largest absolute Gasteiger partial charge is 0.481 e. The van der Waals surface area contributed by atoms with Crippen molar-refractivity contribution in [3.63, 3.8) is 0 Å². The lowest BCUT2D eigenvalue weighted by Crippen LogP contribution is -2.47. The molecule has 1 saturated heterocycles. The Hall–Kier alpha value is -1.51. The van der Waals surface area contributed by atoms with Crippen LogP contribution in [-0.2, 0) is 4.79 Å². The van der Waals surface area contributed by atoms with E-state index >= 15 is 0 Å². The zero-order valence-corrected chi connectivity index (χ0v) is 12.9. The maximum Gasteiger partial charge on any atom is 0.263 e. The van der Waals surface area contributed by atoms with Crippen LogP contribution in [0.1, 0.15) is 32.8 Å². The number of carbonyl (C=O) groups excluding carboxylic acids is 1. The molecule has 3 nitrogen and oxygen atoms in total. The summed E-state index contributed by atoms with van der Waals surface area (Å²) in [4.78, 5) is 14.4. The molecule has 1 amide bonds. The van der Waals surface area contributed by atoms with E-state index in [1.54, 1.807) is 0 Å². The van der Waals surface area contributed by atoms with E-state index in [2.05, 4.69) is 13.8 Å². The molecule has 2 rings (SSSR count). The number of likely N-dealkylation sites (tertiary alicyclic amines) is 1. The summed E-state index contributed by atoms with van der Waals surface area (Å²) in [5.41, 5.74) is 1.19. The van der Waals surface area contributed by atoms with Crippen molar-refractivity contribution in [1.82, 2.24) is 4.90 Å². The van der Waals surface area contributed by atoms with Gasteiger partial charge in [-0.15, -0.1) is 0 Å². The monoisotopic (exact) mass is 275 g/mol. The molecule has 0 aromatic heterocycles. The van der Waals surface area contributed by atoms with Crippen LogP contribution in [-0.4, -0.2) is 30.0 Å². The number of benzene rings is 1. The molecule has 0 spiro atoms. The van der Waals surface area contributed by atoms with Gasteiger partial charge in [-0.05, 0) is 44.2 Å². The molecule has 1 fully saturated rings. The average molecular weight is 275 g/mol. The highest BCUT2D eigenvalue weighted by molar-refractivity contribution is 5.81. The molecule has 1 aromatic rings. The van der Waals surface area contributed by atoms with Gasteiger partial charge in [0, 0.05) is 13.1 Å². The standard InChI is InChI=1S/C17H25NO2/c1-12-5-7-16(8-6-12)20-15(4)17(19)18-10-13(2)9-14(3)11-18/h5-8,13-15H,9-11H2,1-4H3. The highest BCUT2D eigenvalue weighted by Crippen LogP contribution is 2.22. The summed E-state index contributed by atoms with van der Waals surface area (Å²) in [6, 6.07) is 7.83. The molecule has 20 heavy (non-hydrogen) atoms. The van der Waals surface area contributed by atoms with Gasteiger partial charge in [-0.1, -0.05) is 31.5 Å². The molecule has 3 atom stereocenters. The van der Waals surface area contributed by atoms with Crippen molar-refractivity contribution in [1.29, 1.82) is 0 Å². The molecule has 0 bridgehead atoms. The van der Waals surface area contributed by atoms with Crippen LogP contribution in [0.4, 0.5) is 0 Å². The van der Waals surface area contributed by atoms with Crippen LogP contribution in [0.25, 0.3) is 0 Å². The lowest BCUT2D eigenvalue weighted by Gasteiger charge is -2.36. The second-order valence-corrected chi connectivity index (χ2v) is 6.26. The number of carbonyl (C=O) groups is 1. The van der Waals surface area contributed by atoms with Gasteiger partial charge in [-0.2, -0.15) is 0 Å². The van der Waals surface area contributed by atoms with Crippen molar-refractivity contribution in [3.05, 3.63) is 29.8 Å². The highest BCUT2D eigenvalue weighted by Gasteiger charge is 2.29. The number of hydrogen-bond acceptors (Lipinski definition) is 2. The number of ether oxygens (including phenoxy) is 1. The fourth-order valence-electron chi connectivity index (χ4n) is 2.97. The SMILES string of the molecule is Cc1ccc(OC(C)C(=O)N2CC(C)CC(C)C2)cc1. The molecule has 0 aliphatic carbocycles. The predicted octanol–water partition coefficient (Wildman–Crippen LogP) is 3.27. The van der Waals surface area contributed by atoms with E-state index < -0.39 is 6.10 Å². The quantitative estimate of drug-likeness (QED) is 0.847. The highest BCUT2D eigenvalue weighted by atomic mass is 16.5. The van der Waals surface area contributed by atoms with Crippen molar-refractivity contribution in [2.75, 3.05) is 13.1 Å². The number of hydrogen-bond donors (Lipinski definition) is 0. The predicted molar refractivity (Wildman–Crippen MR) is 80.8 cm³/mol. The van der Waals surface area contributed by atoms with Gasteiger partial charge < -0.3 is 9.64 Å². The molecule has 110 valence electrons. The van der Waals surface area contributed by atoms with Crippen LogP contribution >= 0.6 is 0 Å². The smallest absolute Gasteiger partial charge is 0.263 e. The topological polar surface area (TPSA) is 29.5 Å². The molecule has 0 saturated carbocycles. The molecule has 3 unspecified atom stereocenters. The van der Waals surface area contributed by atoms with E-state index in [4.69, 9.17) is 4.74 Å².